The summed E-state index contributed by atoms with van der Waals surface area (Å²) in [6.45, 7) is 0.535. The standard InChI is InChI=1S/C15H15FN2O4/c1-22-15(21)14(20)17-7-12-11-6-10(16)3-2-9(11)4-5-18(12)13(19)8-17/h2-3,6,12H,4-5,7-8H2,1H3. The van der Waals surface area contributed by atoms with E-state index in [1.807, 2.05) is 0 Å². The Kier molecular flexibility index (Phi) is 3.56. The fraction of sp³-hybridized carbons (Fsp3) is 0.400. The number of rotatable bonds is 0. The molecule has 1 saturated heterocycles. The van der Waals surface area contributed by atoms with E-state index in [4.69, 9.17) is 0 Å². The second kappa shape index (κ2) is 5.40. The molecule has 6 nitrogen and oxygen atoms in total. The van der Waals surface area contributed by atoms with Crippen LogP contribution in [0.15, 0.2) is 18.2 Å². The van der Waals surface area contributed by atoms with Crippen molar-refractivity contribution < 1.29 is 23.5 Å². The Balaban J connectivity index is 1.93. The van der Waals surface area contributed by atoms with Gasteiger partial charge in [-0.1, -0.05) is 6.07 Å². The van der Waals surface area contributed by atoms with Gasteiger partial charge in [0.2, 0.25) is 5.91 Å². The second-order valence-corrected chi connectivity index (χ2v) is 5.37. The zero-order chi connectivity index (χ0) is 15.9. The third-order valence-corrected chi connectivity index (χ3v) is 4.15. The minimum Gasteiger partial charge on any atom is -0.462 e. The molecule has 3 rings (SSSR count). The van der Waals surface area contributed by atoms with Crippen LogP contribution in [-0.2, 0) is 25.5 Å². The van der Waals surface area contributed by atoms with Crippen LogP contribution in [0.5, 0.6) is 0 Å². The van der Waals surface area contributed by atoms with Crippen molar-refractivity contribution >= 4 is 17.8 Å². The van der Waals surface area contributed by atoms with Crippen LogP contribution in [0.25, 0.3) is 0 Å². The molecule has 22 heavy (non-hydrogen) atoms. The number of halogens is 1. The molecule has 1 atom stereocenters. The number of ether oxygens (including phenoxy) is 1. The van der Waals surface area contributed by atoms with Gasteiger partial charge in [0.1, 0.15) is 12.4 Å². The first-order valence-corrected chi connectivity index (χ1v) is 6.96. The van der Waals surface area contributed by atoms with Gasteiger partial charge in [-0.25, -0.2) is 9.18 Å². The summed E-state index contributed by atoms with van der Waals surface area (Å²) in [5.74, 6) is -2.48. The maximum absolute atomic E-state index is 13.5. The van der Waals surface area contributed by atoms with Crippen molar-refractivity contribution in [2.24, 2.45) is 0 Å². The van der Waals surface area contributed by atoms with Crippen LogP contribution in [0.3, 0.4) is 0 Å². The van der Waals surface area contributed by atoms with Gasteiger partial charge in [-0.2, -0.15) is 0 Å². The van der Waals surface area contributed by atoms with Crippen molar-refractivity contribution in [3.05, 3.63) is 35.1 Å². The minimum absolute atomic E-state index is 0.158. The summed E-state index contributed by atoms with van der Waals surface area (Å²) < 4.78 is 17.9. The molecule has 116 valence electrons. The topological polar surface area (TPSA) is 66.9 Å². The molecule has 0 spiro atoms. The fourth-order valence-electron chi connectivity index (χ4n) is 3.06. The van der Waals surface area contributed by atoms with Crippen LogP contribution in [0.2, 0.25) is 0 Å². The van der Waals surface area contributed by atoms with E-state index in [1.165, 1.54) is 12.1 Å². The van der Waals surface area contributed by atoms with Gasteiger partial charge in [0.15, 0.2) is 0 Å². The SMILES string of the molecule is COC(=O)C(=O)N1CC(=O)N2CCc3ccc(F)cc3C2C1. The first-order valence-electron chi connectivity index (χ1n) is 6.96. The highest BCUT2D eigenvalue weighted by atomic mass is 19.1. The van der Waals surface area contributed by atoms with E-state index in [-0.39, 0.29) is 24.8 Å². The van der Waals surface area contributed by atoms with Gasteiger partial charge in [-0.3, -0.25) is 9.59 Å². The van der Waals surface area contributed by atoms with Gasteiger partial charge in [0.05, 0.1) is 13.2 Å². The third kappa shape index (κ3) is 2.32. The van der Waals surface area contributed by atoms with Crippen LogP contribution in [0.1, 0.15) is 17.2 Å². The molecule has 7 heteroatoms. The second-order valence-electron chi connectivity index (χ2n) is 5.37. The summed E-state index contributed by atoms with van der Waals surface area (Å²) in [6, 6.07) is 4.06. The molecule has 2 amide bonds. The minimum atomic E-state index is -1.00. The molecule has 0 radical (unpaired) electrons. The first-order chi connectivity index (χ1) is 10.5. The van der Waals surface area contributed by atoms with Crippen LogP contribution >= 0.6 is 0 Å². The Hall–Kier alpha value is -2.44. The normalized spacial score (nSPS) is 20.3. The zero-order valence-electron chi connectivity index (χ0n) is 12.0. The average Bonchev–Trinajstić information content (AvgIpc) is 2.53. The van der Waals surface area contributed by atoms with Crippen molar-refractivity contribution in [1.29, 1.82) is 0 Å². The monoisotopic (exact) mass is 306 g/mol. The molecule has 0 aromatic heterocycles. The number of piperazine rings is 1. The number of carbonyl (C=O) groups is 3. The predicted molar refractivity (Wildman–Crippen MR) is 73.2 cm³/mol. The molecular weight excluding hydrogens is 291 g/mol. The van der Waals surface area contributed by atoms with Crippen LogP contribution in [0, 0.1) is 5.82 Å². The molecule has 0 aliphatic carbocycles. The summed E-state index contributed by atoms with van der Waals surface area (Å²) in [5, 5.41) is 0. The van der Waals surface area contributed by atoms with E-state index < -0.39 is 17.9 Å². The number of carbonyl (C=O) groups excluding carboxylic acids is 3. The van der Waals surface area contributed by atoms with Crippen LogP contribution in [-0.4, -0.2) is 54.3 Å². The highest BCUT2D eigenvalue weighted by Gasteiger charge is 2.40. The van der Waals surface area contributed by atoms with E-state index in [1.54, 1.807) is 11.0 Å². The van der Waals surface area contributed by atoms with Crippen molar-refractivity contribution in [1.82, 2.24) is 9.80 Å². The van der Waals surface area contributed by atoms with Gasteiger partial charge in [-0.15, -0.1) is 0 Å². The van der Waals surface area contributed by atoms with Gasteiger partial charge in [0.25, 0.3) is 0 Å². The Morgan fingerprint density at radius 3 is 2.86 bits per heavy atom. The smallest absolute Gasteiger partial charge is 0.396 e. The quantitative estimate of drug-likeness (QED) is 0.510. The lowest BCUT2D eigenvalue weighted by Crippen LogP contribution is -2.56. The van der Waals surface area contributed by atoms with E-state index in [9.17, 15) is 18.8 Å². The lowest BCUT2D eigenvalue weighted by atomic mass is 9.90. The lowest BCUT2D eigenvalue weighted by Gasteiger charge is -2.44. The van der Waals surface area contributed by atoms with Gasteiger partial charge >= 0.3 is 11.9 Å². The van der Waals surface area contributed by atoms with Crippen LogP contribution < -0.4 is 0 Å². The molecule has 2 heterocycles. The summed E-state index contributed by atoms with van der Waals surface area (Å²) in [6.07, 6.45) is 0.656. The average molecular weight is 306 g/mol. The van der Waals surface area contributed by atoms with E-state index in [0.29, 0.717) is 18.5 Å². The zero-order valence-corrected chi connectivity index (χ0v) is 12.0. The van der Waals surface area contributed by atoms with Crippen molar-refractivity contribution in [2.45, 2.75) is 12.5 Å². The Bertz CT molecular complexity index is 661. The number of amides is 2. The summed E-state index contributed by atoms with van der Waals surface area (Å²) in [5.41, 5.74) is 1.66. The molecule has 1 unspecified atom stereocenters. The number of nitrogens with zero attached hydrogens (tertiary/aromatic N) is 2. The third-order valence-electron chi connectivity index (χ3n) is 4.15. The largest absolute Gasteiger partial charge is 0.462 e. The summed E-state index contributed by atoms with van der Waals surface area (Å²) >= 11 is 0. The maximum atomic E-state index is 13.5. The Labute approximate surface area is 126 Å². The molecule has 0 bridgehead atoms. The molecule has 2 aliphatic heterocycles. The Morgan fingerprint density at radius 1 is 1.36 bits per heavy atom. The summed E-state index contributed by atoms with van der Waals surface area (Å²) in [4.78, 5) is 38.4. The number of hydrogen-bond donors (Lipinski definition) is 0. The molecule has 0 saturated carbocycles. The number of benzene rings is 1. The first kappa shape index (κ1) is 14.5. The van der Waals surface area contributed by atoms with E-state index in [2.05, 4.69) is 4.74 Å². The molecule has 1 fully saturated rings. The number of esters is 1. The molecule has 0 N–H and O–H groups in total. The van der Waals surface area contributed by atoms with Crippen molar-refractivity contribution in [3.8, 4) is 0 Å². The van der Waals surface area contributed by atoms with Gasteiger partial charge < -0.3 is 14.5 Å². The summed E-state index contributed by atoms with van der Waals surface area (Å²) in [7, 11) is 1.11. The molecule has 1 aromatic rings. The Morgan fingerprint density at radius 2 is 2.14 bits per heavy atom. The highest BCUT2D eigenvalue weighted by molar-refractivity contribution is 6.32. The number of hydrogen-bond acceptors (Lipinski definition) is 4. The fourth-order valence-corrected chi connectivity index (χ4v) is 3.06. The van der Waals surface area contributed by atoms with E-state index in [0.717, 1.165) is 17.6 Å². The van der Waals surface area contributed by atoms with Crippen molar-refractivity contribution in [2.75, 3.05) is 26.7 Å². The maximum Gasteiger partial charge on any atom is 0.396 e. The molecule has 2 aliphatic rings. The highest BCUT2D eigenvalue weighted by Crippen LogP contribution is 2.33. The number of methoxy groups -OCH3 is 1. The van der Waals surface area contributed by atoms with Crippen molar-refractivity contribution in [3.63, 3.8) is 0 Å². The van der Waals surface area contributed by atoms with Crippen LogP contribution in [0.4, 0.5) is 4.39 Å². The van der Waals surface area contributed by atoms with Gasteiger partial charge in [0, 0.05) is 13.1 Å². The van der Waals surface area contributed by atoms with E-state index >= 15 is 0 Å². The molecule has 1 aromatic carbocycles. The molecular formula is C15H15FN2O4. The lowest BCUT2D eigenvalue weighted by molar-refractivity contribution is -0.162. The number of fused-ring (bicyclic) bond motifs is 3. The predicted octanol–water partition coefficient (Wildman–Crippen LogP) is 0.267. The van der Waals surface area contributed by atoms with Gasteiger partial charge in [-0.05, 0) is 29.7 Å².